The highest BCUT2D eigenvalue weighted by Gasteiger charge is 2.52. The molecule has 164 valence electrons. The Hall–Kier alpha value is -2.52. The van der Waals surface area contributed by atoms with E-state index in [0.29, 0.717) is 16.7 Å². The Labute approximate surface area is 177 Å². The van der Waals surface area contributed by atoms with E-state index in [1.165, 1.54) is 12.1 Å². The van der Waals surface area contributed by atoms with E-state index in [2.05, 4.69) is 5.32 Å². The highest BCUT2D eigenvalue weighted by Crippen LogP contribution is 2.38. The Morgan fingerprint density at radius 2 is 1.73 bits per heavy atom. The molecule has 8 nitrogen and oxygen atoms in total. The van der Waals surface area contributed by atoms with Gasteiger partial charge < -0.3 is 30.2 Å². The fourth-order valence-electron chi connectivity index (χ4n) is 2.78. The summed E-state index contributed by atoms with van der Waals surface area (Å²) >= 11 is 0. The number of carbonyl (C=O) groups is 2. The number of hydrogen-bond donors (Lipinski definition) is 3. The highest BCUT2D eigenvalue weighted by molar-refractivity contribution is 6.56. The lowest BCUT2D eigenvalue weighted by Gasteiger charge is -2.32. The maximum absolute atomic E-state index is 12.1. The van der Waals surface area contributed by atoms with Gasteiger partial charge in [-0.3, -0.25) is 0 Å². The zero-order chi connectivity index (χ0) is 22.9. The number of ether oxygens (including phenoxy) is 1. The Balaban J connectivity index is 2.36. The van der Waals surface area contributed by atoms with Crippen LogP contribution < -0.4 is 11.1 Å². The molecule has 0 bridgehead atoms. The molecule has 0 spiro atoms. The van der Waals surface area contributed by atoms with E-state index in [9.17, 15) is 14.7 Å². The van der Waals surface area contributed by atoms with E-state index in [1.54, 1.807) is 32.9 Å². The lowest BCUT2D eigenvalue weighted by Crippen LogP contribution is -2.41. The zero-order valence-electron chi connectivity index (χ0n) is 18.7. The minimum atomic E-state index is -1.08. The Kier molecular flexibility index (Phi) is 6.59. The second-order valence-electron chi connectivity index (χ2n) is 9.36. The van der Waals surface area contributed by atoms with E-state index < -0.39 is 36.0 Å². The number of nitrogens with two attached hydrogens (primary N) is 1. The second kappa shape index (κ2) is 8.31. The molecule has 30 heavy (non-hydrogen) atoms. The fourth-order valence-corrected chi connectivity index (χ4v) is 2.78. The van der Waals surface area contributed by atoms with Crippen LogP contribution in [0.15, 0.2) is 23.7 Å². The number of nitrogen functional groups attached to an aromatic ring is 1. The quantitative estimate of drug-likeness (QED) is 0.494. The van der Waals surface area contributed by atoms with Gasteiger partial charge in [0.15, 0.2) is 0 Å². The summed E-state index contributed by atoms with van der Waals surface area (Å²) in [6.07, 6.45) is 1.13. The third kappa shape index (κ3) is 5.99. The summed E-state index contributed by atoms with van der Waals surface area (Å²) in [7, 11) is -0.736. The summed E-state index contributed by atoms with van der Waals surface area (Å²) in [5, 5.41) is 12.0. The number of rotatable bonds is 5. The van der Waals surface area contributed by atoms with Gasteiger partial charge in [-0.1, -0.05) is 6.08 Å². The van der Waals surface area contributed by atoms with Gasteiger partial charge in [-0.05, 0) is 77.7 Å². The van der Waals surface area contributed by atoms with Gasteiger partial charge in [0.1, 0.15) is 5.60 Å². The second-order valence-corrected chi connectivity index (χ2v) is 9.36. The Morgan fingerprint density at radius 1 is 1.17 bits per heavy atom. The van der Waals surface area contributed by atoms with Gasteiger partial charge in [0.25, 0.3) is 0 Å². The normalized spacial score (nSPS) is 18.2. The maximum atomic E-state index is 12.1. The molecule has 1 amide bonds. The van der Waals surface area contributed by atoms with Gasteiger partial charge >= 0.3 is 19.2 Å². The van der Waals surface area contributed by atoms with Gasteiger partial charge in [0.05, 0.1) is 16.8 Å². The van der Waals surface area contributed by atoms with Crippen molar-refractivity contribution in [3.63, 3.8) is 0 Å². The zero-order valence-corrected chi connectivity index (χ0v) is 18.7. The number of nitrogens with one attached hydrogen (secondary N) is 1. The molecule has 9 heteroatoms. The lowest BCUT2D eigenvalue weighted by atomic mass is 9.77. The average Bonchev–Trinajstić information content (AvgIpc) is 2.77. The first-order valence-corrected chi connectivity index (χ1v) is 9.76. The van der Waals surface area contributed by atoms with Crippen LogP contribution in [0.3, 0.4) is 0 Å². The standard InChI is InChI=1S/C21H31BN2O6/c1-19(2,3)28-18(27)24-12-15(22-29-20(4,5)21(6,7)30-22)9-13-8-14(17(25)26)11-16(23)10-13/h8-11H,12,23H2,1-7H3,(H,24,27)(H,25,26). The molecule has 0 aromatic heterocycles. The van der Waals surface area contributed by atoms with Crippen LogP contribution in [0.1, 0.15) is 64.4 Å². The SMILES string of the molecule is CC(C)(C)OC(=O)NCC(=Cc1cc(N)cc(C(=O)O)c1)B1OC(C)(C)C(C)(C)O1. The predicted molar refractivity (Wildman–Crippen MR) is 116 cm³/mol. The number of amides is 1. The number of carboxylic acid groups (broad SMARTS) is 1. The van der Waals surface area contributed by atoms with Crippen LogP contribution in [0.25, 0.3) is 6.08 Å². The van der Waals surface area contributed by atoms with Gasteiger partial charge in [0.2, 0.25) is 0 Å². The number of aromatic carboxylic acids is 1. The Morgan fingerprint density at radius 3 is 2.23 bits per heavy atom. The molecule has 0 unspecified atom stereocenters. The van der Waals surface area contributed by atoms with Gasteiger partial charge in [0, 0.05) is 12.2 Å². The minimum absolute atomic E-state index is 0.0645. The first-order valence-electron chi connectivity index (χ1n) is 9.76. The van der Waals surface area contributed by atoms with E-state index in [-0.39, 0.29) is 12.1 Å². The number of carbonyl (C=O) groups excluding carboxylic acids is 1. The van der Waals surface area contributed by atoms with Crippen molar-refractivity contribution in [1.29, 1.82) is 0 Å². The van der Waals surface area contributed by atoms with Gasteiger partial charge in [-0.15, -0.1) is 0 Å². The molecule has 1 aliphatic heterocycles. The number of benzene rings is 1. The first-order chi connectivity index (χ1) is 13.6. The number of hydrogen-bond acceptors (Lipinski definition) is 6. The first kappa shape index (κ1) is 23.8. The summed E-state index contributed by atoms with van der Waals surface area (Å²) in [5.41, 5.74) is 5.60. The van der Waals surface area contributed by atoms with Gasteiger partial charge in [-0.25, -0.2) is 9.59 Å². The largest absolute Gasteiger partial charge is 0.492 e. The van der Waals surface area contributed by atoms with Crippen molar-refractivity contribution in [3.05, 3.63) is 34.8 Å². The number of anilines is 1. The lowest BCUT2D eigenvalue weighted by molar-refractivity contribution is 0.00578. The molecular formula is C21H31BN2O6. The smallest absolute Gasteiger partial charge is 0.478 e. The minimum Gasteiger partial charge on any atom is -0.478 e. The molecule has 1 aliphatic rings. The molecule has 4 N–H and O–H groups in total. The van der Waals surface area contributed by atoms with Crippen LogP contribution >= 0.6 is 0 Å². The van der Waals surface area contributed by atoms with Crippen molar-refractivity contribution in [2.24, 2.45) is 0 Å². The molecular weight excluding hydrogens is 387 g/mol. The van der Waals surface area contributed by atoms with Crippen LogP contribution in [0.5, 0.6) is 0 Å². The molecule has 1 aromatic rings. The van der Waals surface area contributed by atoms with Crippen LogP contribution in [0, 0.1) is 0 Å². The molecule has 1 heterocycles. The van der Waals surface area contributed by atoms with Crippen molar-refractivity contribution in [1.82, 2.24) is 5.32 Å². The van der Waals surface area contributed by atoms with Crippen molar-refractivity contribution >= 4 is 30.9 Å². The monoisotopic (exact) mass is 418 g/mol. The molecule has 0 saturated carbocycles. The van der Waals surface area contributed by atoms with Crippen LogP contribution in [0.4, 0.5) is 10.5 Å². The van der Waals surface area contributed by atoms with Crippen molar-refractivity contribution in [2.75, 3.05) is 12.3 Å². The van der Waals surface area contributed by atoms with Crippen LogP contribution in [-0.4, -0.2) is 47.6 Å². The molecule has 0 radical (unpaired) electrons. The highest BCUT2D eigenvalue weighted by atomic mass is 16.7. The molecule has 0 aliphatic carbocycles. The summed E-state index contributed by atoms with van der Waals surface area (Å²) < 4.78 is 17.5. The van der Waals surface area contributed by atoms with Crippen molar-refractivity contribution < 1.29 is 28.7 Å². The summed E-state index contributed by atoms with van der Waals surface area (Å²) in [4.78, 5) is 23.5. The number of alkyl carbamates (subject to hydrolysis) is 1. The summed E-state index contributed by atoms with van der Waals surface area (Å²) in [6.45, 7) is 13.1. The third-order valence-corrected chi connectivity index (χ3v) is 4.97. The van der Waals surface area contributed by atoms with E-state index >= 15 is 0 Å². The molecule has 1 aromatic carbocycles. The Bertz CT molecular complexity index is 842. The van der Waals surface area contributed by atoms with Crippen molar-refractivity contribution in [3.8, 4) is 0 Å². The summed E-state index contributed by atoms with van der Waals surface area (Å²) in [5.74, 6) is -1.08. The topological polar surface area (TPSA) is 120 Å². The average molecular weight is 418 g/mol. The molecule has 0 atom stereocenters. The van der Waals surface area contributed by atoms with E-state index in [1.807, 2.05) is 27.7 Å². The van der Waals surface area contributed by atoms with E-state index in [0.717, 1.165) is 0 Å². The fraction of sp³-hybridized carbons (Fsp3) is 0.524. The van der Waals surface area contributed by atoms with Crippen LogP contribution in [-0.2, 0) is 14.0 Å². The molecule has 1 saturated heterocycles. The molecule has 2 rings (SSSR count). The maximum Gasteiger partial charge on any atom is 0.492 e. The molecule has 1 fully saturated rings. The van der Waals surface area contributed by atoms with E-state index in [4.69, 9.17) is 19.8 Å². The van der Waals surface area contributed by atoms with Crippen molar-refractivity contribution in [2.45, 2.75) is 65.3 Å². The summed E-state index contributed by atoms with van der Waals surface area (Å²) in [6, 6.07) is 4.52. The third-order valence-electron chi connectivity index (χ3n) is 4.97. The predicted octanol–water partition coefficient (Wildman–Crippen LogP) is 3.51. The van der Waals surface area contributed by atoms with Crippen LogP contribution in [0.2, 0.25) is 0 Å². The van der Waals surface area contributed by atoms with Gasteiger partial charge in [-0.2, -0.15) is 0 Å². The number of carboxylic acids is 1.